The van der Waals surface area contributed by atoms with Gasteiger partial charge in [-0.2, -0.15) is 0 Å². The molecule has 1 unspecified atom stereocenters. The molecule has 1 aliphatic carbocycles. The van der Waals surface area contributed by atoms with E-state index in [2.05, 4.69) is 5.32 Å². The van der Waals surface area contributed by atoms with Crippen molar-refractivity contribution in [2.75, 3.05) is 13.1 Å². The summed E-state index contributed by atoms with van der Waals surface area (Å²) in [4.78, 5) is 24.5. The number of likely N-dealkylation sites (tertiary alicyclic amines) is 1. The molecule has 2 amide bonds. The van der Waals surface area contributed by atoms with Gasteiger partial charge in [-0.25, -0.2) is 0 Å². The van der Waals surface area contributed by atoms with Crippen LogP contribution in [-0.4, -0.2) is 41.9 Å². The number of piperidine rings is 1. The van der Waals surface area contributed by atoms with Crippen molar-refractivity contribution in [3.8, 4) is 0 Å². The van der Waals surface area contributed by atoms with E-state index in [1.165, 1.54) is 0 Å². The van der Waals surface area contributed by atoms with Gasteiger partial charge in [-0.3, -0.25) is 9.59 Å². The number of nitrogens with one attached hydrogen (secondary N) is 1. The van der Waals surface area contributed by atoms with Crippen LogP contribution in [0.15, 0.2) is 0 Å². The van der Waals surface area contributed by atoms with Crippen LogP contribution in [0.4, 0.5) is 0 Å². The molecule has 15 heavy (non-hydrogen) atoms. The molecule has 0 aromatic heterocycles. The molecule has 84 valence electrons. The van der Waals surface area contributed by atoms with Crippen LogP contribution in [0.5, 0.6) is 0 Å². The Labute approximate surface area is 89.0 Å². The predicted octanol–water partition coefficient (Wildman–Crippen LogP) is -0.785. The molecule has 2 fully saturated rings. The van der Waals surface area contributed by atoms with Crippen molar-refractivity contribution >= 4 is 11.8 Å². The Morgan fingerprint density at radius 2 is 2.20 bits per heavy atom. The average Bonchev–Trinajstić information content (AvgIpc) is 2.95. The molecule has 1 heterocycles. The maximum Gasteiger partial charge on any atom is 0.239 e. The number of hydrogen-bond acceptors (Lipinski definition) is 3. The summed E-state index contributed by atoms with van der Waals surface area (Å²) in [5.74, 6) is -0.0115. The highest BCUT2D eigenvalue weighted by Gasteiger charge is 2.27. The van der Waals surface area contributed by atoms with Gasteiger partial charge in [0.25, 0.3) is 0 Å². The minimum Gasteiger partial charge on any atom is -0.352 e. The van der Waals surface area contributed by atoms with Crippen molar-refractivity contribution in [3.05, 3.63) is 0 Å². The number of carbonyl (C=O) groups excluding carboxylic acids is 2. The van der Waals surface area contributed by atoms with Crippen molar-refractivity contribution in [3.63, 3.8) is 0 Å². The predicted molar refractivity (Wildman–Crippen MR) is 55.0 cm³/mol. The topological polar surface area (TPSA) is 75.4 Å². The summed E-state index contributed by atoms with van der Waals surface area (Å²) in [6, 6.07) is 0.377. The van der Waals surface area contributed by atoms with Crippen molar-refractivity contribution < 1.29 is 9.59 Å². The molecule has 1 atom stereocenters. The summed E-state index contributed by atoms with van der Waals surface area (Å²) in [6.45, 7) is 0.681. The molecule has 0 radical (unpaired) electrons. The van der Waals surface area contributed by atoms with Crippen molar-refractivity contribution in [2.45, 2.75) is 37.8 Å². The summed E-state index contributed by atoms with van der Waals surface area (Å²) in [7, 11) is 0. The number of rotatable bonds is 3. The highest BCUT2D eigenvalue weighted by Crippen LogP contribution is 2.18. The molecule has 0 spiro atoms. The molecule has 1 saturated carbocycles. The third kappa shape index (κ3) is 2.92. The van der Waals surface area contributed by atoms with Gasteiger partial charge in [0, 0.05) is 25.0 Å². The van der Waals surface area contributed by atoms with Gasteiger partial charge in [-0.1, -0.05) is 0 Å². The zero-order valence-electron chi connectivity index (χ0n) is 8.74. The SMILES string of the molecule is NC1CCC(=O)N(CC(=O)NC2CC2)C1. The largest absolute Gasteiger partial charge is 0.352 e. The molecule has 0 bridgehead atoms. The van der Waals surface area contributed by atoms with Gasteiger partial charge in [0.05, 0.1) is 6.54 Å². The highest BCUT2D eigenvalue weighted by molar-refractivity contribution is 5.85. The Morgan fingerprint density at radius 3 is 2.87 bits per heavy atom. The lowest BCUT2D eigenvalue weighted by atomic mass is 10.1. The summed E-state index contributed by atoms with van der Waals surface area (Å²) in [5.41, 5.74) is 5.75. The van der Waals surface area contributed by atoms with Gasteiger partial charge >= 0.3 is 0 Å². The Kier molecular flexibility index (Phi) is 2.90. The number of nitrogens with two attached hydrogens (primary N) is 1. The first kappa shape index (κ1) is 10.4. The van der Waals surface area contributed by atoms with Crippen LogP contribution in [0.3, 0.4) is 0 Å². The Balaban J connectivity index is 1.80. The second-order valence-corrected chi connectivity index (χ2v) is 4.41. The van der Waals surface area contributed by atoms with Crippen molar-refractivity contribution in [2.24, 2.45) is 5.73 Å². The van der Waals surface area contributed by atoms with Gasteiger partial charge in [0.15, 0.2) is 0 Å². The first-order valence-electron chi connectivity index (χ1n) is 5.48. The van der Waals surface area contributed by atoms with E-state index >= 15 is 0 Å². The average molecular weight is 211 g/mol. The lowest BCUT2D eigenvalue weighted by molar-refractivity contribution is -0.138. The van der Waals surface area contributed by atoms with Crippen LogP contribution in [0.25, 0.3) is 0 Å². The van der Waals surface area contributed by atoms with Crippen LogP contribution >= 0.6 is 0 Å². The number of hydrogen-bond donors (Lipinski definition) is 2. The zero-order valence-corrected chi connectivity index (χ0v) is 8.74. The Hall–Kier alpha value is -1.10. The van der Waals surface area contributed by atoms with Crippen LogP contribution in [0.1, 0.15) is 25.7 Å². The van der Waals surface area contributed by atoms with E-state index in [1.807, 2.05) is 0 Å². The Morgan fingerprint density at radius 1 is 1.47 bits per heavy atom. The van der Waals surface area contributed by atoms with Gasteiger partial charge in [-0.05, 0) is 19.3 Å². The van der Waals surface area contributed by atoms with Crippen molar-refractivity contribution in [1.82, 2.24) is 10.2 Å². The first-order valence-corrected chi connectivity index (χ1v) is 5.48. The molecule has 2 aliphatic rings. The maximum absolute atomic E-state index is 11.5. The van der Waals surface area contributed by atoms with Crippen LogP contribution in [-0.2, 0) is 9.59 Å². The summed E-state index contributed by atoms with van der Waals surface area (Å²) in [6.07, 6.45) is 3.34. The summed E-state index contributed by atoms with van der Waals surface area (Å²) < 4.78 is 0. The summed E-state index contributed by atoms with van der Waals surface area (Å²) in [5, 5.41) is 2.86. The molecular formula is C10H17N3O2. The lowest BCUT2D eigenvalue weighted by Crippen LogP contribution is -2.50. The third-order valence-electron chi connectivity index (χ3n) is 2.81. The number of amides is 2. The molecule has 5 nitrogen and oxygen atoms in total. The molecule has 5 heteroatoms. The quantitative estimate of drug-likeness (QED) is 0.642. The normalized spacial score (nSPS) is 26.6. The van der Waals surface area contributed by atoms with Crippen LogP contribution < -0.4 is 11.1 Å². The van der Waals surface area contributed by atoms with Crippen molar-refractivity contribution in [1.29, 1.82) is 0 Å². The summed E-state index contributed by atoms with van der Waals surface area (Å²) >= 11 is 0. The van der Waals surface area contributed by atoms with E-state index in [0.717, 1.165) is 19.3 Å². The minimum atomic E-state index is -0.0556. The standard InChI is InChI=1S/C10H17N3O2/c11-7-1-4-10(15)13(5-7)6-9(14)12-8-2-3-8/h7-8H,1-6,11H2,(H,12,14). The lowest BCUT2D eigenvalue weighted by Gasteiger charge is -2.30. The molecule has 1 aliphatic heterocycles. The maximum atomic E-state index is 11.5. The Bertz CT molecular complexity index is 276. The molecule has 0 aromatic carbocycles. The van der Waals surface area contributed by atoms with Crippen LogP contribution in [0.2, 0.25) is 0 Å². The second-order valence-electron chi connectivity index (χ2n) is 4.41. The molecule has 3 N–H and O–H groups in total. The monoisotopic (exact) mass is 211 g/mol. The molecular weight excluding hydrogens is 194 g/mol. The first-order chi connectivity index (χ1) is 7.15. The fourth-order valence-corrected chi connectivity index (χ4v) is 1.77. The third-order valence-corrected chi connectivity index (χ3v) is 2.81. The fourth-order valence-electron chi connectivity index (χ4n) is 1.77. The molecule has 1 saturated heterocycles. The minimum absolute atomic E-state index is 0.0245. The molecule has 0 aromatic rings. The van der Waals surface area contributed by atoms with Gasteiger partial charge in [-0.15, -0.1) is 0 Å². The molecule has 2 rings (SSSR count). The van der Waals surface area contributed by atoms with Gasteiger partial charge in [0.2, 0.25) is 11.8 Å². The number of nitrogens with zero attached hydrogens (tertiary/aromatic N) is 1. The number of carbonyl (C=O) groups is 2. The van der Waals surface area contributed by atoms with E-state index in [1.54, 1.807) is 4.90 Å². The van der Waals surface area contributed by atoms with E-state index in [0.29, 0.717) is 19.0 Å². The van der Waals surface area contributed by atoms with Gasteiger partial charge < -0.3 is 16.0 Å². The van der Waals surface area contributed by atoms with E-state index < -0.39 is 0 Å². The highest BCUT2D eigenvalue weighted by atomic mass is 16.2. The van der Waals surface area contributed by atoms with E-state index in [-0.39, 0.29) is 24.4 Å². The fraction of sp³-hybridized carbons (Fsp3) is 0.800. The van der Waals surface area contributed by atoms with E-state index in [4.69, 9.17) is 5.73 Å². The van der Waals surface area contributed by atoms with Crippen LogP contribution in [0, 0.1) is 0 Å². The second kappa shape index (κ2) is 4.18. The van der Waals surface area contributed by atoms with Gasteiger partial charge in [0.1, 0.15) is 0 Å². The van der Waals surface area contributed by atoms with E-state index in [9.17, 15) is 9.59 Å². The zero-order chi connectivity index (χ0) is 10.8. The smallest absolute Gasteiger partial charge is 0.239 e.